The van der Waals surface area contributed by atoms with E-state index >= 15 is 28.8 Å². The van der Waals surface area contributed by atoms with Crippen LogP contribution in [-0.2, 0) is 63.8 Å². The molecule has 0 radical (unpaired) electrons. The number of aliphatic hydroxyl groups excluding tert-OH is 7. The average molecular weight is 1900 g/mol. The lowest BCUT2D eigenvalue weighted by atomic mass is 9.89. The molecule has 0 saturated carbocycles. The third kappa shape index (κ3) is 23.3. The number of likely N-dealkylation sites (N-methyl/N-ethyl adjacent to an activating group) is 1. The highest BCUT2D eigenvalue weighted by atomic mass is 35.5. The van der Waals surface area contributed by atoms with Gasteiger partial charge in [-0.05, 0) is 178 Å². The van der Waals surface area contributed by atoms with Crippen LogP contribution in [0.15, 0.2) is 115 Å². The number of unbranched alkanes of at least 4 members (excludes halogenated alkanes) is 4. The Morgan fingerprint density at radius 1 is 0.545 bits per heavy atom. The van der Waals surface area contributed by atoms with Crippen molar-refractivity contribution in [1.29, 1.82) is 0 Å². The number of esters is 1. The van der Waals surface area contributed by atoms with Gasteiger partial charge in [-0.2, -0.15) is 0 Å². The predicted molar refractivity (Wildman–Crippen MR) is 477 cm³/mol. The van der Waals surface area contributed by atoms with Crippen molar-refractivity contribution in [3.05, 3.63) is 164 Å². The van der Waals surface area contributed by atoms with E-state index in [-0.39, 0.29) is 47.8 Å². The highest BCUT2D eigenvalue weighted by Crippen LogP contribution is 2.51. The monoisotopic (exact) mass is 1900 g/mol. The van der Waals surface area contributed by atoms with Gasteiger partial charge in [-0.15, -0.1) is 0 Å². The summed E-state index contributed by atoms with van der Waals surface area (Å²) in [6, 6.07) is 6.00. The predicted octanol–water partition coefficient (Wildman–Crippen LogP) is 3.22. The Morgan fingerprint density at radius 2 is 1.19 bits per heavy atom. The summed E-state index contributed by atoms with van der Waals surface area (Å²) in [6.07, 6.45) is -14.9. The number of aliphatic hydroxyl groups is 7. The molecule has 40 nitrogen and oxygen atoms in total. The smallest absolute Gasteiger partial charge is 0.337 e. The molecule has 720 valence electrons. The van der Waals surface area contributed by atoms with Gasteiger partial charge in [-0.3, -0.25) is 38.4 Å². The molecule has 42 heteroatoms. The van der Waals surface area contributed by atoms with E-state index in [0.717, 1.165) is 119 Å². The van der Waals surface area contributed by atoms with Gasteiger partial charge < -0.3 is 158 Å². The minimum atomic E-state index is -2.44. The van der Waals surface area contributed by atoms with Gasteiger partial charge in [0.1, 0.15) is 131 Å². The number of aromatic hydroxyl groups is 4. The number of hydrogen-bond acceptors (Lipinski definition) is 32. The fourth-order valence-electron chi connectivity index (χ4n) is 16.5. The van der Waals surface area contributed by atoms with Crippen molar-refractivity contribution in [2.75, 3.05) is 60.0 Å². The molecule has 0 spiro atoms. The third-order valence-electron chi connectivity index (χ3n) is 23.7. The molecule has 8 aliphatic heterocycles. The van der Waals surface area contributed by atoms with Crippen molar-refractivity contribution < 1.29 is 137 Å². The average Bonchev–Trinajstić information content (AvgIpc) is 0.760. The van der Waals surface area contributed by atoms with E-state index in [1.165, 1.54) is 55.6 Å². The quantitative estimate of drug-likeness (QED) is 0.0247. The summed E-state index contributed by atoms with van der Waals surface area (Å²) < 4.78 is 50.1. The maximum atomic E-state index is 16.9. The molecule has 0 aliphatic carbocycles. The van der Waals surface area contributed by atoms with Crippen LogP contribution in [0.25, 0.3) is 11.1 Å². The number of methoxy groups -OCH3 is 1. The second-order valence-electron chi connectivity index (χ2n) is 33.7. The molecule has 8 aliphatic rings. The first-order valence-corrected chi connectivity index (χ1v) is 44.8. The van der Waals surface area contributed by atoms with E-state index < -0.39 is 271 Å². The summed E-state index contributed by atoms with van der Waals surface area (Å²) in [5.41, 5.74) is 3.02. The van der Waals surface area contributed by atoms with Crippen LogP contribution in [-0.4, -0.2) is 243 Å². The van der Waals surface area contributed by atoms with Gasteiger partial charge >= 0.3 is 5.97 Å². The van der Waals surface area contributed by atoms with Crippen LogP contribution in [0.2, 0.25) is 10.0 Å². The van der Waals surface area contributed by atoms with Gasteiger partial charge in [0.05, 0.1) is 23.8 Å². The standard InChI is InChI=1S/C92H110Cl2N12O28/c1-42(2)13-8-6-5-7-9-14-65(112)101-74-77(115)79(117)82(90(126)127-4)134-91(74)133-81-62-35-47-36-63(81)130-59-24-19-46(33-54(59)93)75(113)73-89(125)105-71(84(120)99-30-12-29-98-28-11-27-97-26-10-25-95)52-37-48(108)38-61(131-92-80(118)78(116)76(114)64(41-107)132-92)66(52)51-32-44(17-22-56(51)109)69(86(122)106-73)102-87(123)70(47)103-88(124)72-53-39-50(40-58(111)67(53)94)129-60-34-45(18-23-57(60)110)68(96-3)85(121)100-55(83(119)104-72)31-43-15-20-49(128-62)21-16-43/h15-24,32-40,42,55,64,68-80,82,91-92,96-98,107-111,113-118H,5-14,25-31,41,95H2,1-4H3,(H,99,120)(H,100,121)(H,101,112)(H,102,123)(H,103,124)(H,104,119)(H,105,125)(H,106,122)/t55-,64-,68+,69-,70-,71+,72+,73+,74-,75-,76-,77-,78+,79+,80+,82+,91-,92+/m1/s1. The number of nitrogens with one attached hydrogen (secondary N) is 11. The van der Waals surface area contributed by atoms with Crippen molar-refractivity contribution in [1.82, 2.24) is 58.5 Å². The molecule has 7 aromatic rings. The Bertz CT molecular complexity index is 5450. The zero-order chi connectivity index (χ0) is 96.0. The first-order valence-electron chi connectivity index (χ1n) is 44.0. The molecule has 18 atom stereocenters. The lowest BCUT2D eigenvalue weighted by Crippen LogP contribution is -2.66. The number of carbonyl (C=O) groups excluding carboxylic acids is 9. The van der Waals surface area contributed by atoms with Gasteiger partial charge in [0.2, 0.25) is 65.6 Å². The first kappa shape index (κ1) is 99.5. The van der Waals surface area contributed by atoms with Gasteiger partial charge in [0.15, 0.2) is 29.1 Å². The third-order valence-corrected chi connectivity index (χ3v) is 24.4. The zero-order valence-corrected chi connectivity index (χ0v) is 74.9. The summed E-state index contributed by atoms with van der Waals surface area (Å²) in [6.45, 7) is 5.96. The number of amides is 8. The van der Waals surface area contributed by atoms with Gasteiger partial charge in [-0.25, -0.2) is 4.79 Å². The molecule has 17 bridgehead atoms. The van der Waals surface area contributed by atoms with Crippen LogP contribution in [0.3, 0.4) is 0 Å². The van der Waals surface area contributed by atoms with Crippen molar-refractivity contribution in [2.24, 2.45) is 11.7 Å². The molecule has 8 amide bonds. The molecule has 8 heterocycles. The van der Waals surface area contributed by atoms with E-state index in [2.05, 4.69) is 72.3 Å². The fraction of sp³-hybridized carbons (Fsp3) is 0.446. The maximum Gasteiger partial charge on any atom is 0.337 e. The number of hydrogen-bond donors (Lipinski definition) is 23. The number of fused-ring (bicyclic) bond motifs is 14. The zero-order valence-electron chi connectivity index (χ0n) is 73.4. The number of nitrogens with two attached hydrogens (primary N) is 1. The Hall–Kier alpha value is -12.0. The van der Waals surface area contributed by atoms with Crippen LogP contribution in [0, 0.1) is 5.92 Å². The van der Waals surface area contributed by atoms with Crippen molar-refractivity contribution in [3.8, 4) is 80.1 Å². The minimum Gasteiger partial charge on any atom is -0.508 e. The van der Waals surface area contributed by atoms with E-state index in [0.29, 0.717) is 50.5 Å². The minimum absolute atomic E-state index is 0.114. The second-order valence-corrected chi connectivity index (χ2v) is 34.5. The fourth-order valence-corrected chi connectivity index (χ4v) is 16.9. The molecule has 0 unspecified atom stereocenters. The molecule has 2 fully saturated rings. The van der Waals surface area contributed by atoms with E-state index in [1.54, 1.807) is 0 Å². The largest absolute Gasteiger partial charge is 0.508 e. The summed E-state index contributed by atoms with van der Waals surface area (Å²) in [5, 5.41) is 158. The maximum absolute atomic E-state index is 16.9. The number of halogens is 2. The van der Waals surface area contributed by atoms with Crippen LogP contribution in [0.5, 0.6) is 69.0 Å². The SMILES string of the molecule is CN[C@@H]1C(=O)N[C@@H]2Cc3ccc(cc3)Oc3cc4cc(c3O[C@@H]3O[C@H](C(=O)OC)[C@@H](O)[C@H](O)[C@H]3NC(=O)CCCCCCCC(C)C)Oc3ccc(cc3Cl)[C@@H](O)[C@@H]3NC(=O)[C@H](NC(=O)[C@@H]4NC(=O)[C@@H](NC2=O)c2cc(cc(O)c2Cl)Oc2cc1ccc2O)c1ccc(O)c(c1)-c1c(O[C@H]2O[C@H](CO)[C@@H](O)[C@H](O)[C@@H]2O)cc(O)cc1[C@@H](C(=O)NCCCNCCCNCCCN)NC3=O. The van der Waals surface area contributed by atoms with E-state index in [4.69, 9.17) is 66.8 Å². The number of rotatable bonds is 28. The van der Waals surface area contributed by atoms with E-state index in [1.807, 2.05) is 0 Å². The Labute approximate surface area is 778 Å². The normalized spacial score (nSPS) is 25.2. The van der Waals surface area contributed by atoms with Gasteiger partial charge in [0, 0.05) is 48.2 Å². The van der Waals surface area contributed by atoms with Crippen LogP contribution in [0.4, 0.5) is 0 Å². The Balaban J connectivity index is 1.02. The molecular weight excluding hydrogens is 1790 g/mol. The number of phenols is 4. The highest BCUT2D eigenvalue weighted by Gasteiger charge is 2.52. The molecule has 2 saturated heterocycles. The number of phenolic OH excluding ortho intramolecular Hbond substituents is 4. The molecule has 134 heavy (non-hydrogen) atoms. The van der Waals surface area contributed by atoms with Crippen LogP contribution in [0.1, 0.15) is 153 Å². The highest BCUT2D eigenvalue weighted by molar-refractivity contribution is 6.33. The summed E-state index contributed by atoms with van der Waals surface area (Å²) in [5.74, 6) is -16.7. The summed E-state index contributed by atoms with van der Waals surface area (Å²) in [4.78, 5) is 140. The second kappa shape index (κ2) is 44.9. The summed E-state index contributed by atoms with van der Waals surface area (Å²) in [7, 11) is 2.40. The molecule has 0 aromatic heterocycles. The van der Waals surface area contributed by atoms with Crippen molar-refractivity contribution in [3.63, 3.8) is 0 Å². The van der Waals surface area contributed by atoms with Gasteiger partial charge in [0.25, 0.3) is 0 Å². The Morgan fingerprint density at radius 3 is 1.89 bits per heavy atom. The lowest BCUT2D eigenvalue weighted by Gasteiger charge is -2.41. The lowest BCUT2D eigenvalue weighted by molar-refractivity contribution is -0.277. The van der Waals surface area contributed by atoms with Crippen LogP contribution >= 0.6 is 23.2 Å². The van der Waals surface area contributed by atoms with Crippen molar-refractivity contribution >= 4 is 76.4 Å². The first-order chi connectivity index (χ1) is 64.2. The topological polar surface area (TPSA) is 608 Å². The van der Waals surface area contributed by atoms with E-state index in [9.17, 15) is 70.6 Å². The molecular formula is C92H110Cl2N12O28. The number of benzene rings is 7. The van der Waals surface area contributed by atoms with Crippen LogP contribution < -0.4 is 87.9 Å². The molecule has 24 N–H and O–H groups in total. The number of carbonyl (C=O) groups is 9. The van der Waals surface area contributed by atoms with Crippen molar-refractivity contribution in [2.45, 2.75) is 194 Å². The van der Waals surface area contributed by atoms with Gasteiger partial charge in [-0.1, -0.05) is 99.5 Å². The molecule has 15 rings (SSSR count). The summed E-state index contributed by atoms with van der Waals surface area (Å²) >= 11 is 14.4. The Kier molecular flexibility index (Phi) is 33.4. The number of ether oxygens (including phenoxy) is 8. The molecule has 7 aromatic carbocycles.